The smallest absolute Gasteiger partial charge is 0.407 e. The topological polar surface area (TPSA) is 52.5 Å². The van der Waals surface area contributed by atoms with Crippen molar-refractivity contribution in [2.45, 2.75) is 93.0 Å². The Bertz CT molecular complexity index is 994. The van der Waals surface area contributed by atoms with E-state index in [1.807, 2.05) is 20.8 Å². The van der Waals surface area contributed by atoms with Gasteiger partial charge in [0.25, 0.3) is 0 Å². The number of carbonyl (C=O) groups is 1. The van der Waals surface area contributed by atoms with Crippen LogP contribution in [-0.4, -0.2) is 32.6 Å². The quantitative estimate of drug-likeness (QED) is 0.358. The molecule has 1 amide bonds. The number of benzene rings is 1. The highest BCUT2D eigenvalue weighted by Gasteiger charge is 2.47. The molecule has 33 heavy (non-hydrogen) atoms. The van der Waals surface area contributed by atoms with Crippen LogP contribution in [0.1, 0.15) is 79.6 Å². The highest BCUT2D eigenvalue weighted by Crippen LogP contribution is 2.49. The lowest BCUT2D eigenvalue weighted by Crippen LogP contribution is -2.47. The van der Waals surface area contributed by atoms with E-state index in [-0.39, 0.29) is 11.5 Å². The third kappa shape index (κ3) is 5.85. The van der Waals surface area contributed by atoms with Gasteiger partial charge in [-0.05, 0) is 77.8 Å². The lowest BCUT2D eigenvalue weighted by molar-refractivity contribution is -0.0640. The Balaban J connectivity index is 2.65. The van der Waals surface area contributed by atoms with Gasteiger partial charge in [0, 0.05) is 33.4 Å². The van der Waals surface area contributed by atoms with E-state index in [9.17, 15) is 4.79 Å². The lowest BCUT2D eigenvalue weighted by atomic mass is 9.67. The molecule has 0 aliphatic rings. The minimum absolute atomic E-state index is 0.00308. The molecular weight excluding hydrogens is 496 g/mol. The second-order valence-corrected chi connectivity index (χ2v) is 12.5. The molecule has 2 radical (unpaired) electrons. The van der Waals surface area contributed by atoms with Crippen LogP contribution in [0.25, 0.3) is 10.9 Å². The summed E-state index contributed by atoms with van der Waals surface area (Å²) < 4.78 is 15.5. The third-order valence-corrected chi connectivity index (χ3v) is 8.44. The fraction of sp³-hybridized carbons (Fsp3) is 0.654. The van der Waals surface area contributed by atoms with Crippen molar-refractivity contribution in [3.8, 4) is 0 Å². The summed E-state index contributed by atoms with van der Waals surface area (Å²) >= 11 is 3.70. The predicted molar refractivity (Wildman–Crippen MR) is 142 cm³/mol. The van der Waals surface area contributed by atoms with E-state index in [0.29, 0.717) is 22.2 Å². The Morgan fingerprint density at radius 3 is 2.24 bits per heavy atom. The molecule has 184 valence electrons. The number of rotatable bonds is 8. The molecule has 0 aliphatic carbocycles. The Kier molecular flexibility index (Phi) is 8.57. The van der Waals surface area contributed by atoms with E-state index >= 15 is 0 Å². The molecule has 1 heterocycles. The molecule has 0 saturated heterocycles. The standard InChI is InChI=1S/C26H41BrN2O3Si/c1-16(2)25(8,9)26(10,32-33-11)22-14-19-13-20(27)17(3)12-21(19)29(22)18(4)15-28-23(30)31-24(5,6)7/h12-14,16,18H,15H2,1-11H3,(H,28,30)/t18-,26?/m1/s1. The van der Waals surface area contributed by atoms with Crippen molar-refractivity contribution in [2.75, 3.05) is 6.54 Å². The molecule has 2 atom stereocenters. The number of hydrogen-bond donors (Lipinski definition) is 1. The maximum Gasteiger partial charge on any atom is 0.407 e. The third-order valence-electron chi connectivity index (χ3n) is 6.97. The number of hydrogen-bond acceptors (Lipinski definition) is 3. The number of halogens is 1. The van der Waals surface area contributed by atoms with Gasteiger partial charge in [-0.25, -0.2) is 4.79 Å². The normalized spacial score (nSPS) is 15.5. The Morgan fingerprint density at radius 2 is 1.73 bits per heavy atom. The average Bonchev–Trinajstić information content (AvgIpc) is 3.03. The summed E-state index contributed by atoms with van der Waals surface area (Å²) in [7, 11) is 0.351. The number of ether oxygens (including phenoxy) is 1. The van der Waals surface area contributed by atoms with Crippen LogP contribution in [0.15, 0.2) is 22.7 Å². The van der Waals surface area contributed by atoms with E-state index < -0.39 is 17.3 Å². The van der Waals surface area contributed by atoms with Crippen LogP contribution in [-0.2, 0) is 14.8 Å². The van der Waals surface area contributed by atoms with Gasteiger partial charge in [-0.15, -0.1) is 0 Å². The van der Waals surface area contributed by atoms with Crippen LogP contribution in [0.3, 0.4) is 0 Å². The molecule has 0 bridgehead atoms. The van der Waals surface area contributed by atoms with Crippen molar-refractivity contribution in [3.63, 3.8) is 0 Å². The number of aromatic nitrogens is 1. The average molecular weight is 538 g/mol. The molecule has 5 nitrogen and oxygen atoms in total. The monoisotopic (exact) mass is 536 g/mol. The summed E-state index contributed by atoms with van der Waals surface area (Å²) in [6.45, 7) is 23.7. The fourth-order valence-corrected chi connectivity index (χ4v) is 5.24. The van der Waals surface area contributed by atoms with Gasteiger partial charge >= 0.3 is 6.09 Å². The van der Waals surface area contributed by atoms with Crippen molar-refractivity contribution in [2.24, 2.45) is 11.3 Å². The number of aryl methyl sites for hydroxylation is 1. The Morgan fingerprint density at radius 1 is 1.12 bits per heavy atom. The lowest BCUT2D eigenvalue weighted by Gasteiger charge is -2.48. The van der Waals surface area contributed by atoms with Crippen LogP contribution in [0.2, 0.25) is 6.55 Å². The van der Waals surface area contributed by atoms with Gasteiger partial charge in [0.05, 0.1) is 11.3 Å². The van der Waals surface area contributed by atoms with Crippen molar-refractivity contribution < 1.29 is 14.0 Å². The minimum atomic E-state index is -0.530. The first-order valence-corrected chi connectivity index (χ1v) is 13.9. The second-order valence-electron chi connectivity index (χ2n) is 11.0. The molecule has 1 aromatic heterocycles. The zero-order valence-corrected chi connectivity index (χ0v) is 24.7. The van der Waals surface area contributed by atoms with Crippen LogP contribution in [0.4, 0.5) is 4.79 Å². The van der Waals surface area contributed by atoms with E-state index in [2.05, 4.69) is 99.0 Å². The van der Waals surface area contributed by atoms with Gasteiger partial charge in [0.15, 0.2) is 0 Å². The largest absolute Gasteiger partial charge is 0.444 e. The molecule has 2 aromatic rings. The Labute approximate surface area is 211 Å². The van der Waals surface area contributed by atoms with Crippen molar-refractivity contribution >= 4 is 42.7 Å². The number of nitrogens with zero attached hydrogens (tertiary/aromatic N) is 1. The highest BCUT2D eigenvalue weighted by atomic mass is 79.9. The molecule has 1 unspecified atom stereocenters. The van der Waals surface area contributed by atoms with Gasteiger partial charge in [-0.2, -0.15) is 0 Å². The van der Waals surface area contributed by atoms with Crippen molar-refractivity contribution in [1.82, 2.24) is 9.88 Å². The maximum atomic E-state index is 12.4. The van der Waals surface area contributed by atoms with Gasteiger partial charge < -0.3 is 19.0 Å². The zero-order valence-electron chi connectivity index (χ0n) is 22.1. The van der Waals surface area contributed by atoms with Crippen LogP contribution >= 0.6 is 15.9 Å². The van der Waals surface area contributed by atoms with Crippen LogP contribution < -0.4 is 5.32 Å². The second kappa shape index (κ2) is 10.1. The van der Waals surface area contributed by atoms with Gasteiger partial charge in [-0.3, -0.25) is 0 Å². The molecule has 1 N–H and O–H groups in total. The first kappa shape index (κ1) is 27.9. The summed E-state index contributed by atoms with van der Waals surface area (Å²) in [6.07, 6.45) is -0.400. The molecule has 0 saturated carbocycles. The molecular formula is C26H41BrN2O3Si. The zero-order chi connectivity index (χ0) is 25.4. The van der Waals surface area contributed by atoms with E-state index in [1.54, 1.807) is 0 Å². The minimum Gasteiger partial charge on any atom is -0.444 e. The van der Waals surface area contributed by atoms with Crippen molar-refractivity contribution in [1.29, 1.82) is 0 Å². The number of amides is 1. The summed E-state index contributed by atoms with van der Waals surface area (Å²) in [6, 6.07) is 6.64. The van der Waals surface area contributed by atoms with Crippen molar-refractivity contribution in [3.05, 3.63) is 33.9 Å². The van der Waals surface area contributed by atoms with E-state index in [1.165, 1.54) is 5.56 Å². The maximum absolute atomic E-state index is 12.4. The predicted octanol–water partition coefficient (Wildman–Crippen LogP) is 7.38. The SMILES string of the molecule is C[Si]OC(C)(c1cc2cc(Br)c(C)cc2n1[C@H](C)CNC(=O)OC(C)(C)C)C(C)(C)C(C)C. The number of carbonyl (C=O) groups excluding carboxylic acids is 1. The molecule has 7 heteroatoms. The summed E-state index contributed by atoms with van der Waals surface area (Å²) in [4.78, 5) is 12.4. The number of nitrogens with one attached hydrogen (secondary N) is 1. The van der Waals surface area contributed by atoms with Crippen LogP contribution in [0.5, 0.6) is 0 Å². The van der Waals surface area contributed by atoms with E-state index in [4.69, 9.17) is 9.16 Å². The number of alkyl carbamates (subject to hydrolysis) is 1. The molecule has 1 aromatic carbocycles. The highest BCUT2D eigenvalue weighted by molar-refractivity contribution is 9.10. The first-order chi connectivity index (χ1) is 15.0. The molecule has 2 rings (SSSR count). The van der Waals surface area contributed by atoms with Gasteiger partial charge in [0.2, 0.25) is 9.76 Å². The fourth-order valence-electron chi connectivity index (χ4n) is 4.10. The molecule has 0 spiro atoms. The molecule has 0 fully saturated rings. The van der Waals surface area contributed by atoms with Crippen LogP contribution in [0, 0.1) is 18.3 Å². The van der Waals surface area contributed by atoms with Gasteiger partial charge in [-0.1, -0.05) is 43.6 Å². The first-order valence-electron chi connectivity index (χ1n) is 11.7. The molecule has 0 aliphatic heterocycles. The summed E-state index contributed by atoms with van der Waals surface area (Å²) in [5, 5.41) is 4.11. The summed E-state index contributed by atoms with van der Waals surface area (Å²) in [5.41, 5.74) is 2.25. The number of fused-ring (bicyclic) bond motifs is 1. The summed E-state index contributed by atoms with van der Waals surface area (Å²) in [5.74, 6) is 0.397. The Hall–Kier alpha value is -1.31. The van der Waals surface area contributed by atoms with Gasteiger partial charge in [0.1, 0.15) is 5.60 Å². The van der Waals surface area contributed by atoms with E-state index in [0.717, 1.165) is 21.1 Å².